The second kappa shape index (κ2) is 13.5. The zero-order valence-electron chi connectivity index (χ0n) is 23.4. The molecule has 1 aliphatic rings. The molecule has 1 aromatic heterocycles. The molecule has 1 N–H and O–H groups in total. The number of ether oxygens (including phenoxy) is 2. The van der Waals surface area contributed by atoms with Crippen molar-refractivity contribution < 1.29 is 31.5 Å². The molecule has 44 heavy (non-hydrogen) atoms. The summed E-state index contributed by atoms with van der Waals surface area (Å²) in [7, 11) is -4.23. The van der Waals surface area contributed by atoms with Gasteiger partial charge in [0.05, 0.1) is 22.6 Å². The quantitative estimate of drug-likeness (QED) is 0.207. The van der Waals surface area contributed by atoms with Crippen LogP contribution in [0.4, 0.5) is 20.2 Å². The van der Waals surface area contributed by atoms with Gasteiger partial charge in [0.15, 0.2) is 11.5 Å². The lowest BCUT2D eigenvalue weighted by atomic mass is 10.1. The van der Waals surface area contributed by atoms with Crippen molar-refractivity contribution in [2.75, 3.05) is 4.90 Å². The molecule has 0 saturated heterocycles. The number of anilines is 2. The number of pyridine rings is 1. The van der Waals surface area contributed by atoms with Gasteiger partial charge in [0.1, 0.15) is 0 Å². The molecule has 0 aliphatic heterocycles. The van der Waals surface area contributed by atoms with Gasteiger partial charge in [-0.05, 0) is 91.9 Å². The van der Waals surface area contributed by atoms with E-state index in [1.165, 1.54) is 42.5 Å². The second-order valence-corrected chi connectivity index (χ2v) is 11.8. The molecule has 1 saturated carbocycles. The Morgan fingerprint density at radius 3 is 2.43 bits per heavy atom. The molecule has 1 amide bonds. The minimum absolute atomic E-state index is 0.0643. The molecule has 12 heteroatoms. The number of hydrogen-bond donors (Lipinski definition) is 1. The molecule has 1 fully saturated rings. The Bertz CT molecular complexity index is 1760. The Hall–Kier alpha value is -5.02. The van der Waals surface area contributed by atoms with Gasteiger partial charge in [-0.3, -0.25) is 9.78 Å². The fourth-order valence-corrected chi connectivity index (χ4v) is 5.93. The van der Waals surface area contributed by atoms with E-state index in [1.807, 2.05) is 21.8 Å². The van der Waals surface area contributed by atoms with Crippen LogP contribution >= 0.6 is 0 Å². The maximum atomic E-state index is 13.2. The lowest BCUT2D eigenvalue weighted by Gasteiger charge is -2.27. The van der Waals surface area contributed by atoms with Crippen LogP contribution in [0.1, 0.15) is 47.2 Å². The van der Waals surface area contributed by atoms with Gasteiger partial charge in [0.25, 0.3) is 15.9 Å². The molecule has 5 rings (SSSR count). The van der Waals surface area contributed by atoms with Crippen LogP contribution in [0, 0.1) is 11.3 Å². The van der Waals surface area contributed by atoms with E-state index in [9.17, 15) is 22.0 Å². The van der Waals surface area contributed by atoms with Crippen molar-refractivity contribution in [2.45, 2.75) is 49.8 Å². The van der Waals surface area contributed by atoms with Crippen LogP contribution in [0.3, 0.4) is 0 Å². The maximum absolute atomic E-state index is 13.2. The summed E-state index contributed by atoms with van der Waals surface area (Å²) >= 11 is 0. The third-order valence-corrected chi connectivity index (χ3v) is 8.38. The molecule has 9 nitrogen and oxygen atoms in total. The van der Waals surface area contributed by atoms with E-state index in [0.717, 1.165) is 31.2 Å². The van der Waals surface area contributed by atoms with Crippen molar-refractivity contribution in [1.29, 1.82) is 5.26 Å². The zero-order chi connectivity index (χ0) is 31.1. The van der Waals surface area contributed by atoms with Gasteiger partial charge in [-0.2, -0.15) is 14.0 Å². The molecule has 0 radical (unpaired) electrons. The predicted molar refractivity (Wildman–Crippen MR) is 158 cm³/mol. The van der Waals surface area contributed by atoms with E-state index in [1.54, 1.807) is 42.7 Å². The van der Waals surface area contributed by atoms with Crippen LogP contribution in [-0.2, 0) is 16.6 Å². The summed E-state index contributed by atoms with van der Waals surface area (Å²) in [5, 5.41) is 9.08. The number of hydrogen-bond acceptors (Lipinski definition) is 8. The molecular weight excluding hydrogens is 590 g/mol. The maximum Gasteiger partial charge on any atom is 0.387 e. The molecule has 1 aliphatic carbocycles. The van der Waals surface area contributed by atoms with Crippen LogP contribution in [0.5, 0.6) is 11.5 Å². The SMILES string of the molecule is N#Cc1cccc(S(=O)(=O)NC(=O)c2ccc(N(Cc3cccnc3)c3ccc(OC(F)F)c(OC4CCCC4)c3)cc2)c1. The number of carbonyl (C=O) groups excluding carboxylic acids is 1. The highest BCUT2D eigenvalue weighted by atomic mass is 32.2. The Morgan fingerprint density at radius 2 is 1.75 bits per heavy atom. The van der Waals surface area contributed by atoms with Crippen LogP contribution in [-0.4, -0.2) is 32.0 Å². The number of carbonyl (C=O) groups is 1. The van der Waals surface area contributed by atoms with E-state index >= 15 is 0 Å². The number of benzene rings is 3. The summed E-state index contributed by atoms with van der Waals surface area (Å²) in [4.78, 5) is 18.8. The number of nitrogens with zero attached hydrogens (tertiary/aromatic N) is 3. The topological polar surface area (TPSA) is 122 Å². The van der Waals surface area contributed by atoms with Crippen molar-refractivity contribution in [2.24, 2.45) is 0 Å². The zero-order valence-corrected chi connectivity index (χ0v) is 24.2. The molecular formula is C32H28F2N4O5S. The number of nitrogens with one attached hydrogen (secondary N) is 1. The standard InChI is InChI=1S/C32H28F2N4O5S/c33-32(34)43-29-15-14-26(18-30(29)42-27-7-1-2-8-27)38(21-23-6-4-16-36-20-23)25-12-10-24(11-13-25)31(39)37-44(40,41)28-9-3-5-22(17-28)19-35/h3-6,9-18,20,27,32H,1-2,7-8,21H2,(H,37,39). The lowest BCUT2D eigenvalue weighted by Crippen LogP contribution is -2.30. The molecule has 226 valence electrons. The number of alkyl halides is 2. The average molecular weight is 619 g/mol. The van der Waals surface area contributed by atoms with Crippen molar-refractivity contribution in [3.8, 4) is 17.6 Å². The number of halogens is 2. The van der Waals surface area contributed by atoms with Gasteiger partial charge in [-0.1, -0.05) is 12.1 Å². The summed E-state index contributed by atoms with van der Waals surface area (Å²) in [6, 6.07) is 21.9. The van der Waals surface area contributed by atoms with Gasteiger partial charge in [-0.15, -0.1) is 0 Å². The van der Waals surface area contributed by atoms with Crippen molar-refractivity contribution in [3.63, 3.8) is 0 Å². The summed E-state index contributed by atoms with van der Waals surface area (Å²) in [5.41, 5.74) is 2.32. The van der Waals surface area contributed by atoms with E-state index in [4.69, 9.17) is 14.7 Å². The number of nitriles is 1. The fraction of sp³-hybridized carbons (Fsp3) is 0.219. The fourth-order valence-electron chi connectivity index (χ4n) is 4.91. The second-order valence-electron chi connectivity index (χ2n) is 10.1. The molecule has 1 heterocycles. The number of sulfonamides is 1. The molecule has 0 unspecified atom stereocenters. The van der Waals surface area contributed by atoms with Crippen molar-refractivity contribution in [1.82, 2.24) is 9.71 Å². The Labute approximate surface area is 253 Å². The van der Waals surface area contributed by atoms with Gasteiger partial charge in [0, 0.05) is 41.9 Å². The van der Waals surface area contributed by atoms with Gasteiger partial charge < -0.3 is 14.4 Å². The van der Waals surface area contributed by atoms with Gasteiger partial charge in [0.2, 0.25) is 0 Å². The number of rotatable bonds is 11. The van der Waals surface area contributed by atoms with Crippen LogP contribution < -0.4 is 19.1 Å². The van der Waals surface area contributed by atoms with E-state index in [0.29, 0.717) is 17.9 Å². The van der Waals surface area contributed by atoms with E-state index in [-0.39, 0.29) is 33.6 Å². The van der Waals surface area contributed by atoms with Gasteiger partial charge in [-0.25, -0.2) is 13.1 Å². The van der Waals surface area contributed by atoms with Crippen LogP contribution in [0.25, 0.3) is 0 Å². The van der Waals surface area contributed by atoms with Crippen molar-refractivity contribution in [3.05, 3.63) is 108 Å². The molecule has 0 bridgehead atoms. The summed E-state index contributed by atoms with van der Waals surface area (Å²) < 4.78 is 64.8. The largest absolute Gasteiger partial charge is 0.486 e. The third kappa shape index (κ3) is 7.48. The molecule has 4 aromatic rings. The molecule has 0 spiro atoms. The van der Waals surface area contributed by atoms with Gasteiger partial charge >= 0.3 is 6.61 Å². The van der Waals surface area contributed by atoms with Crippen LogP contribution in [0.2, 0.25) is 0 Å². The Morgan fingerprint density at radius 1 is 1.00 bits per heavy atom. The summed E-state index contributed by atoms with van der Waals surface area (Å²) in [5.74, 6) is -0.712. The minimum atomic E-state index is -4.23. The highest BCUT2D eigenvalue weighted by Crippen LogP contribution is 2.38. The normalized spacial score (nSPS) is 13.3. The first kappa shape index (κ1) is 30.4. The first-order chi connectivity index (χ1) is 21.2. The first-order valence-electron chi connectivity index (χ1n) is 13.8. The molecule has 3 aromatic carbocycles. The Balaban J connectivity index is 1.44. The van der Waals surface area contributed by atoms with Crippen molar-refractivity contribution >= 4 is 27.3 Å². The first-order valence-corrected chi connectivity index (χ1v) is 15.3. The highest BCUT2D eigenvalue weighted by Gasteiger charge is 2.23. The highest BCUT2D eigenvalue weighted by molar-refractivity contribution is 7.90. The predicted octanol–water partition coefficient (Wildman–Crippen LogP) is 6.33. The number of amides is 1. The Kier molecular flexibility index (Phi) is 9.35. The minimum Gasteiger partial charge on any atom is -0.486 e. The third-order valence-electron chi connectivity index (χ3n) is 7.06. The summed E-state index contributed by atoms with van der Waals surface area (Å²) in [6.45, 7) is -2.68. The number of aromatic nitrogens is 1. The van der Waals surface area contributed by atoms with E-state index < -0.39 is 22.5 Å². The van der Waals surface area contributed by atoms with Crippen LogP contribution in [0.15, 0.2) is 96.2 Å². The summed E-state index contributed by atoms with van der Waals surface area (Å²) in [6.07, 6.45) is 6.88. The smallest absolute Gasteiger partial charge is 0.387 e. The van der Waals surface area contributed by atoms with E-state index in [2.05, 4.69) is 4.98 Å². The average Bonchev–Trinajstić information content (AvgIpc) is 3.54. The monoisotopic (exact) mass is 618 g/mol. The lowest BCUT2D eigenvalue weighted by molar-refractivity contribution is -0.0520. The molecule has 0 atom stereocenters.